The maximum Gasteiger partial charge on any atom is 0.100 e. The van der Waals surface area contributed by atoms with Crippen molar-refractivity contribution in [2.24, 2.45) is 5.92 Å². The second kappa shape index (κ2) is 25.0. The molecule has 190 valence electrons. The van der Waals surface area contributed by atoms with Gasteiger partial charge in [-0.2, -0.15) is 0 Å². The minimum Gasteiger partial charge on any atom is -0.394 e. The van der Waals surface area contributed by atoms with Crippen LogP contribution in [0.1, 0.15) is 130 Å². The molecule has 0 aliphatic carbocycles. The minimum atomic E-state index is -0.756. The molecule has 0 aromatic rings. The SMILES string of the molecule is CCCCCC=CCC=CCCCCCC(CCCC)C(CCCCC)OCC(O)CO. The molecule has 0 heterocycles. The third-order valence-electron chi connectivity index (χ3n) is 6.29. The van der Waals surface area contributed by atoms with Crippen molar-refractivity contribution in [3.63, 3.8) is 0 Å². The molecular formula is C29H56O3. The van der Waals surface area contributed by atoms with Gasteiger partial charge >= 0.3 is 0 Å². The van der Waals surface area contributed by atoms with Crippen LogP contribution in [0.3, 0.4) is 0 Å². The van der Waals surface area contributed by atoms with E-state index in [1.165, 1.54) is 96.3 Å². The molecule has 32 heavy (non-hydrogen) atoms. The van der Waals surface area contributed by atoms with Crippen LogP contribution in [0, 0.1) is 5.92 Å². The summed E-state index contributed by atoms with van der Waals surface area (Å²) >= 11 is 0. The highest BCUT2D eigenvalue weighted by Crippen LogP contribution is 2.27. The Morgan fingerprint density at radius 2 is 1.22 bits per heavy atom. The van der Waals surface area contributed by atoms with Crippen molar-refractivity contribution >= 4 is 0 Å². The molecule has 0 aliphatic heterocycles. The zero-order chi connectivity index (χ0) is 23.7. The van der Waals surface area contributed by atoms with E-state index in [0.29, 0.717) is 5.92 Å². The van der Waals surface area contributed by atoms with Crippen LogP contribution < -0.4 is 0 Å². The van der Waals surface area contributed by atoms with Crippen molar-refractivity contribution in [3.8, 4) is 0 Å². The molecule has 0 radical (unpaired) electrons. The van der Waals surface area contributed by atoms with E-state index >= 15 is 0 Å². The first-order valence-corrected chi connectivity index (χ1v) is 13.9. The fourth-order valence-electron chi connectivity index (χ4n) is 4.18. The highest BCUT2D eigenvalue weighted by atomic mass is 16.5. The predicted octanol–water partition coefficient (Wildman–Crippen LogP) is 8.14. The maximum atomic E-state index is 9.75. The molecule has 0 aliphatic rings. The summed E-state index contributed by atoms with van der Waals surface area (Å²) in [4.78, 5) is 0. The third-order valence-corrected chi connectivity index (χ3v) is 6.29. The van der Waals surface area contributed by atoms with Gasteiger partial charge in [0.1, 0.15) is 6.10 Å². The van der Waals surface area contributed by atoms with Gasteiger partial charge in [0.05, 0.1) is 19.3 Å². The summed E-state index contributed by atoms with van der Waals surface area (Å²) in [5.41, 5.74) is 0. The molecule has 0 spiro atoms. The Labute approximate surface area is 200 Å². The summed E-state index contributed by atoms with van der Waals surface area (Å²) in [5.74, 6) is 0.575. The van der Waals surface area contributed by atoms with Gasteiger partial charge in [-0.3, -0.25) is 0 Å². The monoisotopic (exact) mass is 452 g/mol. The Morgan fingerprint density at radius 3 is 1.84 bits per heavy atom. The number of hydrogen-bond donors (Lipinski definition) is 2. The average molecular weight is 453 g/mol. The van der Waals surface area contributed by atoms with Gasteiger partial charge in [0.25, 0.3) is 0 Å². The summed E-state index contributed by atoms with van der Waals surface area (Å²) in [6, 6.07) is 0. The van der Waals surface area contributed by atoms with Gasteiger partial charge in [-0.15, -0.1) is 0 Å². The van der Waals surface area contributed by atoms with Crippen LogP contribution in [0.5, 0.6) is 0 Å². The van der Waals surface area contributed by atoms with E-state index in [9.17, 15) is 5.11 Å². The van der Waals surface area contributed by atoms with Gasteiger partial charge in [0.15, 0.2) is 0 Å². The molecule has 0 saturated carbocycles. The van der Waals surface area contributed by atoms with Gasteiger partial charge in [-0.05, 0) is 57.3 Å². The molecule has 0 rings (SSSR count). The summed E-state index contributed by atoms with van der Waals surface area (Å²) < 4.78 is 6.14. The van der Waals surface area contributed by atoms with Crippen LogP contribution in [0.2, 0.25) is 0 Å². The van der Waals surface area contributed by atoms with Crippen LogP contribution in [0.4, 0.5) is 0 Å². The van der Waals surface area contributed by atoms with Crippen LogP contribution >= 0.6 is 0 Å². The molecule has 3 heteroatoms. The quantitative estimate of drug-likeness (QED) is 0.115. The fourth-order valence-corrected chi connectivity index (χ4v) is 4.18. The van der Waals surface area contributed by atoms with Gasteiger partial charge in [0, 0.05) is 0 Å². The van der Waals surface area contributed by atoms with Crippen molar-refractivity contribution in [1.82, 2.24) is 0 Å². The van der Waals surface area contributed by atoms with Gasteiger partial charge in [-0.25, -0.2) is 0 Å². The van der Waals surface area contributed by atoms with E-state index in [4.69, 9.17) is 9.84 Å². The summed E-state index contributed by atoms with van der Waals surface area (Å²) in [7, 11) is 0. The Balaban J connectivity index is 4.26. The number of rotatable bonds is 24. The van der Waals surface area contributed by atoms with Gasteiger partial charge < -0.3 is 14.9 Å². The van der Waals surface area contributed by atoms with Crippen molar-refractivity contribution in [1.29, 1.82) is 0 Å². The molecule has 0 aromatic carbocycles. The van der Waals surface area contributed by atoms with E-state index in [1.807, 2.05) is 0 Å². The lowest BCUT2D eigenvalue weighted by molar-refractivity contribution is -0.0560. The van der Waals surface area contributed by atoms with E-state index in [2.05, 4.69) is 45.1 Å². The van der Waals surface area contributed by atoms with Crippen LogP contribution in [0.25, 0.3) is 0 Å². The zero-order valence-corrected chi connectivity index (χ0v) is 21.8. The number of allylic oxidation sites excluding steroid dienone is 4. The second-order valence-corrected chi connectivity index (χ2v) is 9.42. The highest BCUT2D eigenvalue weighted by molar-refractivity contribution is 4.92. The van der Waals surface area contributed by atoms with E-state index in [-0.39, 0.29) is 19.3 Å². The molecule has 0 amide bonds. The molecular weight excluding hydrogens is 396 g/mol. The molecule has 0 fully saturated rings. The lowest BCUT2D eigenvalue weighted by atomic mass is 9.87. The van der Waals surface area contributed by atoms with Crippen molar-refractivity contribution < 1.29 is 14.9 Å². The Bertz CT molecular complexity index is 419. The number of ether oxygens (including phenoxy) is 1. The lowest BCUT2D eigenvalue weighted by Crippen LogP contribution is -2.30. The molecule has 0 saturated heterocycles. The largest absolute Gasteiger partial charge is 0.394 e. The van der Waals surface area contributed by atoms with E-state index < -0.39 is 6.10 Å². The zero-order valence-electron chi connectivity index (χ0n) is 21.8. The van der Waals surface area contributed by atoms with E-state index in [0.717, 1.165) is 12.8 Å². The Morgan fingerprint density at radius 1 is 0.656 bits per heavy atom. The number of aliphatic hydroxyl groups excluding tert-OH is 2. The van der Waals surface area contributed by atoms with Crippen LogP contribution in [-0.2, 0) is 4.74 Å². The topological polar surface area (TPSA) is 49.7 Å². The highest BCUT2D eigenvalue weighted by Gasteiger charge is 2.22. The normalized spacial score (nSPS) is 15.0. The van der Waals surface area contributed by atoms with Gasteiger partial charge in [-0.1, -0.05) is 103 Å². The summed E-state index contributed by atoms with van der Waals surface area (Å²) in [6.07, 6.45) is 29.6. The average Bonchev–Trinajstić information content (AvgIpc) is 2.81. The number of hydrogen-bond acceptors (Lipinski definition) is 3. The fraction of sp³-hybridized carbons (Fsp3) is 0.862. The first-order valence-electron chi connectivity index (χ1n) is 13.9. The third kappa shape index (κ3) is 20.0. The molecule has 2 N–H and O–H groups in total. The maximum absolute atomic E-state index is 9.75. The predicted molar refractivity (Wildman–Crippen MR) is 140 cm³/mol. The molecule has 3 atom stereocenters. The molecule has 3 nitrogen and oxygen atoms in total. The molecule has 0 aromatic heterocycles. The number of unbranched alkanes of at least 4 members (excludes halogenated alkanes) is 9. The second-order valence-electron chi connectivity index (χ2n) is 9.42. The van der Waals surface area contributed by atoms with Crippen molar-refractivity contribution in [2.45, 2.75) is 142 Å². The van der Waals surface area contributed by atoms with Crippen LogP contribution in [0.15, 0.2) is 24.3 Å². The van der Waals surface area contributed by atoms with Gasteiger partial charge in [0.2, 0.25) is 0 Å². The number of aliphatic hydroxyl groups is 2. The smallest absolute Gasteiger partial charge is 0.100 e. The van der Waals surface area contributed by atoms with Crippen molar-refractivity contribution in [2.75, 3.05) is 13.2 Å². The molecule has 3 unspecified atom stereocenters. The Hall–Kier alpha value is -0.640. The molecule has 0 bridgehead atoms. The summed E-state index contributed by atoms with van der Waals surface area (Å²) in [5, 5.41) is 18.9. The van der Waals surface area contributed by atoms with E-state index in [1.54, 1.807) is 0 Å². The minimum absolute atomic E-state index is 0.219. The summed E-state index contributed by atoms with van der Waals surface area (Å²) in [6.45, 7) is 6.78. The standard InChI is InChI=1S/C29H56O3/c1-4-7-10-11-12-13-14-15-16-17-18-19-21-23-27(22-9-6-3)29(24-20-8-5-2)32-26-28(31)25-30/h12-13,15-16,27-31H,4-11,14,17-26H2,1-3H3. The van der Waals surface area contributed by atoms with Crippen molar-refractivity contribution in [3.05, 3.63) is 24.3 Å². The first kappa shape index (κ1) is 31.4. The van der Waals surface area contributed by atoms with Crippen LogP contribution in [-0.4, -0.2) is 35.6 Å². The Kier molecular flexibility index (Phi) is 24.5. The lowest BCUT2D eigenvalue weighted by Gasteiger charge is -2.28. The first-order chi connectivity index (χ1) is 15.7.